The summed E-state index contributed by atoms with van der Waals surface area (Å²) in [6, 6.07) is 13.2. The minimum atomic E-state index is -0.688. The summed E-state index contributed by atoms with van der Waals surface area (Å²) in [5.41, 5.74) is 6.69. The molecule has 0 atom stereocenters. The Kier molecular flexibility index (Phi) is 5.54. The Labute approximate surface area is 157 Å². The first kappa shape index (κ1) is 18.6. The molecule has 0 fully saturated rings. The van der Waals surface area contributed by atoms with Gasteiger partial charge in [0.25, 0.3) is 0 Å². The number of hydrazone groups is 1. The van der Waals surface area contributed by atoms with Gasteiger partial charge in [0.2, 0.25) is 0 Å². The minimum absolute atomic E-state index is 0.118. The molecule has 0 aliphatic rings. The number of rotatable bonds is 6. The Bertz CT molecular complexity index is 962. The molecule has 4 nitrogen and oxygen atoms in total. The zero-order valence-corrected chi connectivity index (χ0v) is 15.5. The molecule has 6 heteroatoms. The lowest BCUT2D eigenvalue weighted by Gasteiger charge is -2.11. The van der Waals surface area contributed by atoms with Crippen LogP contribution in [0.5, 0.6) is 5.75 Å². The fourth-order valence-electron chi connectivity index (χ4n) is 2.93. The molecule has 0 radical (unpaired) electrons. The second-order valence-corrected chi connectivity index (χ2v) is 6.08. The molecule has 0 aliphatic heterocycles. The highest BCUT2D eigenvalue weighted by Gasteiger charge is 2.10. The number of halogens is 2. The first-order valence-electron chi connectivity index (χ1n) is 8.66. The average Bonchev–Trinajstić information content (AvgIpc) is 2.92. The molecule has 0 saturated carbocycles. The molecule has 1 N–H and O–H groups in total. The van der Waals surface area contributed by atoms with Crippen molar-refractivity contribution in [1.82, 2.24) is 4.57 Å². The van der Waals surface area contributed by atoms with E-state index in [2.05, 4.69) is 15.1 Å². The summed E-state index contributed by atoms with van der Waals surface area (Å²) in [5.74, 6) is -0.482. The van der Waals surface area contributed by atoms with Crippen LogP contribution in [0.15, 0.2) is 53.6 Å². The van der Waals surface area contributed by atoms with Gasteiger partial charge in [-0.15, -0.1) is 0 Å². The Morgan fingerprint density at radius 3 is 2.48 bits per heavy atom. The van der Waals surface area contributed by atoms with E-state index in [0.29, 0.717) is 6.61 Å². The summed E-state index contributed by atoms with van der Waals surface area (Å²) in [6.45, 7) is 6.58. The molecule has 0 unspecified atom stereocenters. The van der Waals surface area contributed by atoms with Crippen molar-refractivity contribution >= 4 is 11.9 Å². The Hall–Kier alpha value is -3.15. The summed E-state index contributed by atoms with van der Waals surface area (Å²) in [5, 5.41) is 4.08. The third-order valence-electron chi connectivity index (χ3n) is 4.20. The predicted octanol–water partition coefficient (Wildman–Crippen LogP) is 5.22. The van der Waals surface area contributed by atoms with Crippen molar-refractivity contribution < 1.29 is 13.5 Å². The number of hydrogen-bond acceptors (Lipinski definition) is 3. The number of aromatic nitrogens is 1. The summed E-state index contributed by atoms with van der Waals surface area (Å²) in [6.07, 6.45) is 1.62. The lowest BCUT2D eigenvalue weighted by molar-refractivity contribution is 0.340. The maximum atomic E-state index is 13.6. The van der Waals surface area contributed by atoms with Gasteiger partial charge in [-0.05, 0) is 63.2 Å². The summed E-state index contributed by atoms with van der Waals surface area (Å²) < 4.78 is 34.2. The van der Waals surface area contributed by atoms with Crippen molar-refractivity contribution in [2.24, 2.45) is 5.10 Å². The van der Waals surface area contributed by atoms with E-state index in [9.17, 15) is 8.78 Å². The molecule has 0 bridgehead atoms. The Morgan fingerprint density at radius 2 is 1.81 bits per heavy atom. The first-order valence-corrected chi connectivity index (χ1v) is 8.66. The van der Waals surface area contributed by atoms with Gasteiger partial charge in [0.1, 0.15) is 11.6 Å². The normalized spacial score (nSPS) is 11.1. The van der Waals surface area contributed by atoms with E-state index in [-0.39, 0.29) is 5.69 Å². The standard InChI is InChI=1S/C21H21F2N3O/c1-4-27-19-8-6-18(7-9-19)26-14(2)11-16(15(26)3)13-24-25-21-10-5-17(22)12-20(21)23/h5-13,25H,4H2,1-3H3. The van der Waals surface area contributed by atoms with E-state index in [0.717, 1.165) is 34.5 Å². The second-order valence-electron chi connectivity index (χ2n) is 6.08. The Morgan fingerprint density at radius 1 is 1.07 bits per heavy atom. The fraction of sp³-hybridized carbons (Fsp3) is 0.190. The average molecular weight is 369 g/mol. The highest BCUT2D eigenvalue weighted by atomic mass is 19.1. The third kappa shape index (κ3) is 4.16. The van der Waals surface area contributed by atoms with Crippen molar-refractivity contribution in [1.29, 1.82) is 0 Å². The van der Waals surface area contributed by atoms with Crippen LogP contribution in [0.4, 0.5) is 14.5 Å². The zero-order chi connectivity index (χ0) is 19.4. The summed E-state index contributed by atoms with van der Waals surface area (Å²) in [4.78, 5) is 0. The van der Waals surface area contributed by atoms with Gasteiger partial charge in [-0.25, -0.2) is 8.78 Å². The lowest BCUT2D eigenvalue weighted by Crippen LogP contribution is -2.00. The first-order chi connectivity index (χ1) is 13.0. The van der Waals surface area contributed by atoms with E-state index in [1.165, 1.54) is 12.1 Å². The quantitative estimate of drug-likeness (QED) is 0.478. The Balaban J connectivity index is 1.80. The molecular formula is C21H21F2N3O. The molecule has 0 aliphatic carbocycles. The lowest BCUT2D eigenvalue weighted by atomic mass is 10.2. The number of benzene rings is 2. The molecule has 0 saturated heterocycles. The highest BCUT2D eigenvalue weighted by molar-refractivity contribution is 5.82. The molecular weight excluding hydrogens is 348 g/mol. The van der Waals surface area contributed by atoms with Crippen LogP contribution in [0.1, 0.15) is 23.9 Å². The minimum Gasteiger partial charge on any atom is -0.494 e. The van der Waals surface area contributed by atoms with E-state index >= 15 is 0 Å². The molecule has 3 rings (SSSR count). The SMILES string of the molecule is CCOc1ccc(-n2c(C)cc(C=NNc3ccc(F)cc3F)c2C)cc1. The van der Waals surface area contributed by atoms with Crippen LogP contribution in [0.25, 0.3) is 5.69 Å². The van der Waals surface area contributed by atoms with Gasteiger partial charge in [0.15, 0.2) is 5.82 Å². The maximum absolute atomic E-state index is 13.6. The van der Waals surface area contributed by atoms with Gasteiger partial charge in [-0.1, -0.05) is 0 Å². The molecule has 1 heterocycles. The van der Waals surface area contributed by atoms with Crippen LogP contribution in [0, 0.1) is 25.5 Å². The van der Waals surface area contributed by atoms with Crippen LogP contribution in [-0.4, -0.2) is 17.4 Å². The number of anilines is 1. The van der Waals surface area contributed by atoms with Crippen molar-refractivity contribution in [3.8, 4) is 11.4 Å². The van der Waals surface area contributed by atoms with Gasteiger partial charge in [0, 0.05) is 28.7 Å². The van der Waals surface area contributed by atoms with Crippen LogP contribution in [0.2, 0.25) is 0 Å². The van der Waals surface area contributed by atoms with Crippen molar-refractivity contribution in [2.45, 2.75) is 20.8 Å². The van der Waals surface area contributed by atoms with E-state index < -0.39 is 11.6 Å². The molecule has 1 aromatic heterocycles. The molecule has 3 aromatic rings. The largest absolute Gasteiger partial charge is 0.494 e. The molecule has 0 amide bonds. The summed E-state index contributed by atoms with van der Waals surface area (Å²) >= 11 is 0. The number of nitrogens with one attached hydrogen (secondary N) is 1. The molecule has 2 aromatic carbocycles. The van der Waals surface area contributed by atoms with Crippen molar-refractivity contribution in [3.05, 3.63) is 77.1 Å². The summed E-state index contributed by atoms with van der Waals surface area (Å²) in [7, 11) is 0. The van der Waals surface area contributed by atoms with Crippen LogP contribution < -0.4 is 10.2 Å². The highest BCUT2D eigenvalue weighted by Crippen LogP contribution is 2.22. The monoisotopic (exact) mass is 369 g/mol. The van der Waals surface area contributed by atoms with E-state index in [1.807, 2.05) is 51.1 Å². The fourth-order valence-corrected chi connectivity index (χ4v) is 2.93. The maximum Gasteiger partial charge on any atom is 0.151 e. The van der Waals surface area contributed by atoms with Crippen molar-refractivity contribution in [2.75, 3.05) is 12.0 Å². The van der Waals surface area contributed by atoms with E-state index in [1.54, 1.807) is 6.21 Å². The zero-order valence-electron chi connectivity index (χ0n) is 15.5. The number of ether oxygens (including phenoxy) is 1. The molecule has 0 spiro atoms. The number of nitrogens with zero attached hydrogens (tertiary/aromatic N) is 2. The van der Waals surface area contributed by atoms with Gasteiger partial charge in [-0.2, -0.15) is 5.10 Å². The van der Waals surface area contributed by atoms with Gasteiger partial charge >= 0.3 is 0 Å². The van der Waals surface area contributed by atoms with Gasteiger partial charge in [-0.3, -0.25) is 5.43 Å². The number of aryl methyl sites for hydroxylation is 1. The van der Waals surface area contributed by atoms with E-state index in [4.69, 9.17) is 4.74 Å². The topological polar surface area (TPSA) is 38.5 Å². The molecule has 140 valence electrons. The van der Waals surface area contributed by atoms with Crippen molar-refractivity contribution in [3.63, 3.8) is 0 Å². The van der Waals surface area contributed by atoms with Crippen LogP contribution in [-0.2, 0) is 0 Å². The van der Waals surface area contributed by atoms with Crippen LogP contribution >= 0.6 is 0 Å². The smallest absolute Gasteiger partial charge is 0.151 e. The van der Waals surface area contributed by atoms with Gasteiger partial charge in [0.05, 0.1) is 18.5 Å². The molecule has 27 heavy (non-hydrogen) atoms. The third-order valence-corrected chi connectivity index (χ3v) is 4.20. The second kappa shape index (κ2) is 8.03. The van der Waals surface area contributed by atoms with Crippen LogP contribution in [0.3, 0.4) is 0 Å². The number of hydrogen-bond donors (Lipinski definition) is 1. The van der Waals surface area contributed by atoms with Gasteiger partial charge < -0.3 is 9.30 Å². The predicted molar refractivity (Wildman–Crippen MR) is 104 cm³/mol.